The molecule has 148 valence electrons. The molecule has 3 heteroatoms. The number of ether oxygens (including phenoxy) is 1. The third kappa shape index (κ3) is 3.66. The number of rotatable bonds is 4. The monoisotopic (exact) mass is 388 g/mol. The molecule has 0 aliphatic heterocycles. The van der Waals surface area contributed by atoms with Crippen LogP contribution in [0.4, 0.5) is 0 Å². The predicted octanol–water partition coefficient (Wildman–Crippen LogP) is 6.96. The number of hydrogen-bond acceptors (Lipinski definition) is 2. The number of halogens is 1. The van der Waals surface area contributed by atoms with Gasteiger partial charge in [0.2, 0.25) is 0 Å². The second-order valence-corrected chi connectivity index (χ2v) is 9.63. The number of fused-ring (bicyclic) bond motifs is 2. The summed E-state index contributed by atoms with van der Waals surface area (Å²) in [5.74, 6) is 3.62. The highest BCUT2D eigenvalue weighted by molar-refractivity contribution is 6.33. The zero-order valence-electron chi connectivity index (χ0n) is 17.3. The van der Waals surface area contributed by atoms with E-state index in [-0.39, 0.29) is 11.2 Å². The van der Waals surface area contributed by atoms with Crippen molar-refractivity contribution >= 4 is 17.4 Å². The first-order chi connectivity index (χ1) is 12.7. The fraction of sp³-hybridized carbons (Fsp3) is 0.583. The maximum absolute atomic E-state index is 10.8. The lowest BCUT2D eigenvalue weighted by atomic mass is 9.62. The van der Waals surface area contributed by atoms with Gasteiger partial charge in [0.1, 0.15) is 11.5 Å². The Hall–Kier alpha value is -1.41. The van der Waals surface area contributed by atoms with Gasteiger partial charge in [-0.2, -0.15) is 0 Å². The van der Waals surface area contributed by atoms with Crippen molar-refractivity contribution in [2.75, 3.05) is 7.11 Å². The van der Waals surface area contributed by atoms with Gasteiger partial charge in [0.05, 0.1) is 12.1 Å². The Balaban J connectivity index is 2.11. The highest BCUT2D eigenvalue weighted by Crippen LogP contribution is 2.51. The number of allylic oxidation sites excluding steroid dienone is 2. The first-order valence-electron chi connectivity index (χ1n) is 10.1. The lowest BCUT2D eigenvalue weighted by molar-refractivity contribution is 0.158. The van der Waals surface area contributed by atoms with Crippen LogP contribution in [0.2, 0.25) is 5.02 Å². The number of phenolic OH excluding ortho intramolecular Hbond substituents is 1. The highest BCUT2D eigenvalue weighted by atomic mass is 35.5. The Bertz CT molecular complexity index is 758. The molecule has 2 aliphatic carbocycles. The van der Waals surface area contributed by atoms with Crippen molar-refractivity contribution in [1.82, 2.24) is 0 Å². The molecule has 4 atom stereocenters. The lowest BCUT2D eigenvalue weighted by Crippen LogP contribution is -2.32. The molecular weight excluding hydrogens is 356 g/mol. The molecule has 0 heterocycles. The van der Waals surface area contributed by atoms with Crippen LogP contribution in [0, 0.1) is 23.7 Å². The molecule has 0 amide bonds. The maximum atomic E-state index is 10.8. The molecule has 2 aliphatic rings. The number of aromatic hydroxyl groups is 1. The normalized spacial score (nSPS) is 30.0. The molecule has 2 fully saturated rings. The summed E-state index contributed by atoms with van der Waals surface area (Å²) in [7, 11) is 1.72. The van der Waals surface area contributed by atoms with Gasteiger partial charge in [0, 0.05) is 16.5 Å². The summed E-state index contributed by atoms with van der Waals surface area (Å²) < 4.78 is 5.92. The summed E-state index contributed by atoms with van der Waals surface area (Å²) in [4.78, 5) is 0. The maximum Gasteiger partial charge on any atom is 0.138 e. The molecule has 1 aromatic carbocycles. The average Bonchev–Trinajstić information content (AvgIpc) is 2.60. The summed E-state index contributed by atoms with van der Waals surface area (Å²) >= 11 is 6.67. The molecule has 1 aromatic rings. The van der Waals surface area contributed by atoms with Crippen molar-refractivity contribution in [1.29, 1.82) is 0 Å². The smallest absolute Gasteiger partial charge is 0.138 e. The van der Waals surface area contributed by atoms with Crippen molar-refractivity contribution in [3.63, 3.8) is 0 Å². The predicted molar refractivity (Wildman–Crippen MR) is 114 cm³/mol. The second-order valence-electron chi connectivity index (χ2n) is 9.25. The standard InChI is InChI=1S/C24H33ClO2/c1-7-24(4,5)19-9-8-18(21(25)22(19)26)23(27-6)20-15(3)12-16-10-14(2)11-17(20)13-16/h7-9,14-17,26H,1,10-13H2,2-6H3/b23-20-. The summed E-state index contributed by atoms with van der Waals surface area (Å²) in [6.45, 7) is 12.6. The Morgan fingerprint density at radius 3 is 2.56 bits per heavy atom. The average molecular weight is 389 g/mol. The Morgan fingerprint density at radius 1 is 1.22 bits per heavy atom. The van der Waals surface area contributed by atoms with E-state index in [0.29, 0.717) is 16.9 Å². The molecule has 27 heavy (non-hydrogen) atoms. The van der Waals surface area contributed by atoms with Crippen LogP contribution >= 0.6 is 11.6 Å². The Kier molecular flexibility index (Phi) is 5.68. The first kappa shape index (κ1) is 20.3. The van der Waals surface area contributed by atoms with Crippen molar-refractivity contribution in [3.05, 3.63) is 46.5 Å². The largest absolute Gasteiger partial charge is 0.506 e. The van der Waals surface area contributed by atoms with Crippen LogP contribution in [0.15, 0.2) is 30.4 Å². The third-order valence-corrected chi connectivity index (χ3v) is 7.11. The zero-order valence-corrected chi connectivity index (χ0v) is 18.1. The number of methoxy groups -OCH3 is 1. The molecule has 0 spiro atoms. The molecular formula is C24H33ClO2. The van der Waals surface area contributed by atoms with E-state index in [1.54, 1.807) is 7.11 Å². The highest BCUT2D eigenvalue weighted by Gasteiger charge is 2.39. The minimum absolute atomic E-state index is 0.132. The van der Waals surface area contributed by atoms with Crippen LogP contribution in [0.3, 0.4) is 0 Å². The van der Waals surface area contributed by atoms with Crippen LogP contribution in [0.25, 0.3) is 5.76 Å². The van der Waals surface area contributed by atoms with E-state index < -0.39 is 0 Å². The van der Waals surface area contributed by atoms with E-state index >= 15 is 0 Å². The van der Waals surface area contributed by atoms with Crippen LogP contribution in [0.5, 0.6) is 5.75 Å². The van der Waals surface area contributed by atoms with Gasteiger partial charge in [-0.1, -0.05) is 51.4 Å². The molecule has 0 saturated heterocycles. The van der Waals surface area contributed by atoms with Crippen LogP contribution < -0.4 is 0 Å². The van der Waals surface area contributed by atoms with E-state index in [2.05, 4.69) is 20.4 Å². The van der Waals surface area contributed by atoms with E-state index in [9.17, 15) is 5.11 Å². The number of hydrogen-bond donors (Lipinski definition) is 1. The van der Waals surface area contributed by atoms with Crippen LogP contribution in [0.1, 0.15) is 64.5 Å². The van der Waals surface area contributed by atoms with E-state index in [1.807, 2.05) is 32.1 Å². The summed E-state index contributed by atoms with van der Waals surface area (Å²) in [6, 6.07) is 3.96. The van der Waals surface area contributed by atoms with Gasteiger partial charge in [-0.25, -0.2) is 0 Å². The molecule has 0 radical (unpaired) electrons. The second kappa shape index (κ2) is 7.54. The van der Waals surface area contributed by atoms with E-state index in [0.717, 1.165) is 28.7 Å². The van der Waals surface area contributed by atoms with Crippen molar-refractivity contribution in [2.45, 2.75) is 58.8 Å². The van der Waals surface area contributed by atoms with Crippen molar-refractivity contribution in [2.24, 2.45) is 23.7 Å². The van der Waals surface area contributed by atoms with E-state index in [4.69, 9.17) is 16.3 Å². The first-order valence-corrected chi connectivity index (χ1v) is 10.5. The topological polar surface area (TPSA) is 29.5 Å². The number of phenols is 1. The molecule has 1 N–H and O–H groups in total. The minimum Gasteiger partial charge on any atom is -0.506 e. The van der Waals surface area contributed by atoms with Gasteiger partial charge >= 0.3 is 0 Å². The Morgan fingerprint density at radius 2 is 1.93 bits per heavy atom. The van der Waals surface area contributed by atoms with Gasteiger partial charge in [0.15, 0.2) is 0 Å². The lowest BCUT2D eigenvalue weighted by Gasteiger charge is -2.43. The Labute approximate surface area is 169 Å². The number of benzene rings is 1. The molecule has 2 nitrogen and oxygen atoms in total. The van der Waals surface area contributed by atoms with Gasteiger partial charge in [0.25, 0.3) is 0 Å². The quantitative estimate of drug-likeness (QED) is 0.446. The molecule has 3 rings (SSSR count). The van der Waals surface area contributed by atoms with Crippen LogP contribution in [-0.4, -0.2) is 12.2 Å². The summed E-state index contributed by atoms with van der Waals surface area (Å²) in [5.41, 5.74) is 2.63. The van der Waals surface area contributed by atoms with Crippen molar-refractivity contribution < 1.29 is 9.84 Å². The molecule has 0 aromatic heterocycles. The van der Waals surface area contributed by atoms with Gasteiger partial charge < -0.3 is 9.84 Å². The van der Waals surface area contributed by atoms with Gasteiger partial charge in [-0.05, 0) is 61.0 Å². The summed E-state index contributed by atoms with van der Waals surface area (Å²) in [5, 5.41) is 11.2. The van der Waals surface area contributed by atoms with Gasteiger partial charge in [-0.3, -0.25) is 0 Å². The van der Waals surface area contributed by atoms with Crippen molar-refractivity contribution in [3.8, 4) is 5.75 Å². The fourth-order valence-corrected chi connectivity index (χ4v) is 5.63. The molecule has 4 unspecified atom stereocenters. The molecule has 2 saturated carbocycles. The fourth-order valence-electron chi connectivity index (χ4n) is 5.38. The van der Waals surface area contributed by atoms with Crippen LogP contribution in [-0.2, 0) is 10.2 Å². The summed E-state index contributed by atoms with van der Waals surface area (Å²) in [6.07, 6.45) is 6.87. The SMILES string of the molecule is C=CC(C)(C)c1ccc(/C(OC)=C2\C(C)CC3CC(C)CC2C3)c(Cl)c1O. The molecule has 2 bridgehead atoms. The zero-order chi connectivity index (χ0) is 19.9. The van der Waals surface area contributed by atoms with E-state index in [1.165, 1.54) is 31.3 Å². The van der Waals surface area contributed by atoms with Gasteiger partial charge in [-0.15, -0.1) is 6.58 Å². The minimum atomic E-state index is -0.350. The third-order valence-electron chi connectivity index (χ3n) is 6.73.